The van der Waals surface area contributed by atoms with Gasteiger partial charge in [0.1, 0.15) is 11.6 Å². The van der Waals surface area contributed by atoms with Crippen molar-refractivity contribution in [1.82, 2.24) is 14.7 Å². The van der Waals surface area contributed by atoms with E-state index < -0.39 is 0 Å². The second-order valence-electron chi connectivity index (χ2n) is 9.62. The summed E-state index contributed by atoms with van der Waals surface area (Å²) in [6.07, 6.45) is 1.43. The third kappa shape index (κ3) is 5.44. The molecule has 3 aromatic rings. The van der Waals surface area contributed by atoms with Crippen molar-refractivity contribution in [2.45, 2.75) is 39.0 Å². The van der Waals surface area contributed by atoms with Gasteiger partial charge >= 0.3 is 6.03 Å². The van der Waals surface area contributed by atoms with Crippen LogP contribution in [0.2, 0.25) is 0 Å². The quantitative estimate of drug-likeness (QED) is 0.559. The summed E-state index contributed by atoms with van der Waals surface area (Å²) in [6.45, 7) is 7.06. The van der Waals surface area contributed by atoms with Gasteiger partial charge in [0.05, 0.1) is 17.3 Å². The number of anilines is 2. The first-order valence-corrected chi connectivity index (χ1v) is 11.5. The lowest BCUT2D eigenvalue weighted by molar-refractivity contribution is -0.121. The van der Waals surface area contributed by atoms with Gasteiger partial charge in [-0.1, -0.05) is 39.0 Å². The third-order valence-electron chi connectivity index (χ3n) is 5.90. The Morgan fingerprint density at radius 1 is 1.03 bits per heavy atom. The molecule has 1 aliphatic rings. The van der Waals surface area contributed by atoms with Crippen molar-refractivity contribution in [3.8, 4) is 5.69 Å². The average molecular weight is 464 g/mol. The van der Waals surface area contributed by atoms with Gasteiger partial charge in [0, 0.05) is 30.3 Å². The minimum absolute atomic E-state index is 0.166. The predicted molar refractivity (Wildman–Crippen MR) is 131 cm³/mol. The van der Waals surface area contributed by atoms with Gasteiger partial charge in [-0.3, -0.25) is 4.79 Å². The van der Waals surface area contributed by atoms with E-state index in [0.29, 0.717) is 31.0 Å². The summed E-state index contributed by atoms with van der Waals surface area (Å²) in [7, 11) is 0. The number of nitrogens with zero attached hydrogens (tertiary/aromatic N) is 3. The molecule has 2 heterocycles. The molecule has 2 aromatic carbocycles. The molecule has 0 aliphatic carbocycles. The second-order valence-corrected chi connectivity index (χ2v) is 9.62. The van der Waals surface area contributed by atoms with E-state index in [9.17, 15) is 14.0 Å². The summed E-state index contributed by atoms with van der Waals surface area (Å²) in [6, 6.07) is 16.9. The number of carbonyl (C=O) groups excluding carboxylic acids is 2. The summed E-state index contributed by atoms with van der Waals surface area (Å²) in [5.41, 5.74) is 1.94. The van der Waals surface area contributed by atoms with Gasteiger partial charge < -0.3 is 15.5 Å². The fourth-order valence-corrected chi connectivity index (χ4v) is 3.94. The number of urea groups is 1. The van der Waals surface area contributed by atoms with Crippen LogP contribution in [0.1, 0.15) is 39.3 Å². The number of aromatic nitrogens is 2. The fraction of sp³-hybridized carbons (Fsp3) is 0.346. The van der Waals surface area contributed by atoms with E-state index in [2.05, 4.69) is 15.7 Å². The molecule has 1 unspecified atom stereocenters. The zero-order valence-electron chi connectivity index (χ0n) is 19.7. The predicted octanol–water partition coefficient (Wildman–Crippen LogP) is 5.19. The molecule has 3 amide bonds. The molecule has 1 aliphatic heterocycles. The van der Waals surface area contributed by atoms with Gasteiger partial charge in [0.25, 0.3) is 0 Å². The van der Waals surface area contributed by atoms with E-state index in [1.165, 1.54) is 12.1 Å². The van der Waals surface area contributed by atoms with Crippen LogP contribution in [0.25, 0.3) is 5.69 Å². The molecule has 8 heteroatoms. The lowest BCUT2D eigenvalue weighted by atomic mass is 9.92. The highest BCUT2D eigenvalue weighted by Crippen LogP contribution is 2.27. The van der Waals surface area contributed by atoms with Crippen LogP contribution in [-0.2, 0) is 10.2 Å². The molecule has 0 saturated carbocycles. The summed E-state index contributed by atoms with van der Waals surface area (Å²) < 4.78 is 15.1. The lowest BCUT2D eigenvalue weighted by Gasteiger charge is -2.32. The maximum Gasteiger partial charge on any atom is 0.321 e. The van der Waals surface area contributed by atoms with Crippen molar-refractivity contribution in [3.63, 3.8) is 0 Å². The molecule has 34 heavy (non-hydrogen) atoms. The second kappa shape index (κ2) is 9.67. The molecule has 0 bridgehead atoms. The van der Waals surface area contributed by atoms with E-state index in [-0.39, 0.29) is 29.1 Å². The molecule has 1 saturated heterocycles. The summed E-state index contributed by atoms with van der Waals surface area (Å²) in [5, 5.41) is 10.6. The number of piperidine rings is 1. The largest absolute Gasteiger partial charge is 0.324 e. The summed E-state index contributed by atoms with van der Waals surface area (Å²) in [5.74, 6) is -0.327. The zero-order chi connectivity index (χ0) is 24.3. The van der Waals surface area contributed by atoms with E-state index >= 15 is 0 Å². The first-order valence-electron chi connectivity index (χ1n) is 11.5. The Labute approximate surface area is 199 Å². The molecule has 0 spiro atoms. The fourth-order valence-electron chi connectivity index (χ4n) is 3.94. The Bertz CT molecular complexity index is 1150. The maximum absolute atomic E-state index is 13.5. The van der Waals surface area contributed by atoms with Gasteiger partial charge in [0.2, 0.25) is 5.91 Å². The number of likely N-dealkylation sites (tertiary alicyclic amines) is 1. The Balaban J connectivity index is 1.49. The molecule has 0 radical (unpaired) electrons. The minimum Gasteiger partial charge on any atom is -0.324 e. The number of benzene rings is 2. The van der Waals surface area contributed by atoms with E-state index in [1.54, 1.807) is 21.7 Å². The van der Waals surface area contributed by atoms with Crippen molar-refractivity contribution in [2.75, 3.05) is 23.7 Å². The Morgan fingerprint density at radius 2 is 1.74 bits per heavy atom. The first-order chi connectivity index (χ1) is 16.2. The molecule has 1 atom stereocenters. The van der Waals surface area contributed by atoms with Crippen molar-refractivity contribution in [2.24, 2.45) is 5.92 Å². The van der Waals surface area contributed by atoms with Crippen LogP contribution in [0.15, 0.2) is 60.7 Å². The number of carbonyl (C=O) groups is 2. The van der Waals surface area contributed by atoms with Crippen LogP contribution >= 0.6 is 0 Å². The molecule has 7 nitrogen and oxygen atoms in total. The molecule has 178 valence electrons. The number of hydrogen-bond donors (Lipinski definition) is 2. The van der Waals surface area contributed by atoms with Gasteiger partial charge in [-0.2, -0.15) is 5.10 Å². The number of rotatable bonds is 4. The van der Waals surface area contributed by atoms with E-state index in [1.807, 2.05) is 57.2 Å². The maximum atomic E-state index is 13.5. The average Bonchev–Trinajstić information content (AvgIpc) is 3.24. The van der Waals surface area contributed by atoms with Crippen LogP contribution in [-0.4, -0.2) is 39.7 Å². The zero-order valence-corrected chi connectivity index (χ0v) is 19.7. The monoisotopic (exact) mass is 463 g/mol. The molecular weight excluding hydrogens is 433 g/mol. The smallest absolute Gasteiger partial charge is 0.321 e. The van der Waals surface area contributed by atoms with Crippen LogP contribution in [0.3, 0.4) is 0 Å². The number of nitrogens with one attached hydrogen (secondary N) is 2. The summed E-state index contributed by atoms with van der Waals surface area (Å²) >= 11 is 0. The van der Waals surface area contributed by atoms with Gasteiger partial charge in [-0.05, 0) is 49.2 Å². The Hall–Kier alpha value is -3.68. The molecule has 4 rings (SSSR count). The lowest BCUT2D eigenvalue weighted by Crippen LogP contribution is -2.45. The van der Waals surface area contributed by atoms with Crippen molar-refractivity contribution in [1.29, 1.82) is 0 Å². The normalized spacial score (nSPS) is 16.2. The standard InChI is InChI=1S/C26H30FN5O2/c1-26(2,3)22-16-23(32(30-22)21-13-11-19(27)12-14-21)29-24(33)18-8-7-15-31(17-18)25(34)28-20-9-5-4-6-10-20/h4-6,9-14,16,18H,7-8,15,17H2,1-3H3,(H,28,34)(H,29,33). The van der Waals surface area contributed by atoms with Crippen LogP contribution < -0.4 is 10.6 Å². The van der Waals surface area contributed by atoms with Crippen LogP contribution in [0.5, 0.6) is 0 Å². The van der Waals surface area contributed by atoms with Crippen LogP contribution in [0.4, 0.5) is 20.7 Å². The van der Waals surface area contributed by atoms with Gasteiger partial charge in [-0.25, -0.2) is 13.9 Å². The van der Waals surface area contributed by atoms with Crippen molar-refractivity contribution < 1.29 is 14.0 Å². The molecule has 2 N–H and O–H groups in total. The summed E-state index contributed by atoms with van der Waals surface area (Å²) in [4.78, 5) is 27.6. The van der Waals surface area contributed by atoms with Gasteiger partial charge in [-0.15, -0.1) is 0 Å². The third-order valence-corrected chi connectivity index (χ3v) is 5.90. The first kappa shape index (κ1) is 23.5. The number of amides is 3. The number of hydrogen-bond acceptors (Lipinski definition) is 3. The Kier molecular flexibility index (Phi) is 6.68. The minimum atomic E-state index is -0.343. The van der Waals surface area contributed by atoms with Crippen LogP contribution in [0, 0.1) is 11.7 Å². The topological polar surface area (TPSA) is 79.3 Å². The highest BCUT2D eigenvalue weighted by atomic mass is 19.1. The molecular formula is C26H30FN5O2. The SMILES string of the molecule is CC(C)(C)c1cc(NC(=O)C2CCCN(C(=O)Nc3ccccc3)C2)n(-c2ccc(F)cc2)n1. The highest BCUT2D eigenvalue weighted by molar-refractivity contribution is 5.94. The molecule has 1 fully saturated rings. The van der Waals surface area contributed by atoms with Gasteiger partial charge in [0.15, 0.2) is 0 Å². The van der Waals surface area contributed by atoms with E-state index in [0.717, 1.165) is 17.8 Å². The highest BCUT2D eigenvalue weighted by Gasteiger charge is 2.30. The Morgan fingerprint density at radius 3 is 2.41 bits per heavy atom. The van der Waals surface area contributed by atoms with E-state index in [4.69, 9.17) is 0 Å². The van der Waals surface area contributed by atoms with Crippen molar-refractivity contribution >= 4 is 23.4 Å². The molecule has 1 aromatic heterocycles. The van der Waals surface area contributed by atoms with Crippen molar-refractivity contribution in [3.05, 3.63) is 72.2 Å². The number of para-hydroxylation sites is 1. The number of halogens is 1.